The second-order valence-electron chi connectivity index (χ2n) is 5.28. The van der Waals surface area contributed by atoms with E-state index in [1.807, 2.05) is 12.1 Å². The van der Waals surface area contributed by atoms with E-state index >= 15 is 0 Å². The third-order valence-electron chi connectivity index (χ3n) is 3.07. The molecule has 104 valence electrons. The molecular weight excluding hydrogens is 240 g/mol. The van der Waals surface area contributed by atoms with Crippen molar-refractivity contribution in [3.63, 3.8) is 0 Å². The third-order valence-corrected chi connectivity index (χ3v) is 3.07. The Labute approximate surface area is 114 Å². The summed E-state index contributed by atoms with van der Waals surface area (Å²) in [6.07, 6.45) is 4.88. The predicted molar refractivity (Wildman–Crippen MR) is 77.3 cm³/mol. The van der Waals surface area contributed by atoms with E-state index in [1.165, 1.54) is 0 Å². The summed E-state index contributed by atoms with van der Waals surface area (Å²) in [7, 11) is 4.14. The van der Waals surface area contributed by atoms with Crippen molar-refractivity contribution in [2.75, 3.05) is 37.8 Å². The lowest BCUT2D eigenvalue weighted by atomic mass is 10.3. The number of hydrogen-bond acceptors (Lipinski definition) is 4. The number of anilines is 2. The summed E-state index contributed by atoms with van der Waals surface area (Å²) in [6, 6.07) is 3.79. The Morgan fingerprint density at radius 2 is 2.21 bits per heavy atom. The van der Waals surface area contributed by atoms with Crippen molar-refractivity contribution in [1.82, 2.24) is 9.88 Å². The van der Waals surface area contributed by atoms with Gasteiger partial charge in [0.25, 0.3) is 0 Å². The van der Waals surface area contributed by atoms with Crippen molar-refractivity contribution in [2.24, 2.45) is 5.92 Å². The van der Waals surface area contributed by atoms with Crippen LogP contribution in [-0.4, -0.2) is 43.0 Å². The van der Waals surface area contributed by atoms with Gasteiger partial charge in [-0.1, -0.05) is 0 Å². The van der Waals surface area contributed by atoms with Crippen LogP contribution in [0.4, 0.5) is 11.5 Å². The number of hydrogen-bond donors (Lipinski definition) is 2. The molecule has 1 aliphatic carbocycles. The fourth-order valence-corrected chi connectivity index (χ4v) is 1.77. The standard InChI is InChI=1S/C14H22N4O/c1-18(2)9-3-8-15-12-6-7-13(16-10-12)17-14(19)11-4-5-11/h6-7,10-11,15H,3-5,8-9H2,1-2H3,(H,16,17,19). The van der Waals surface area contributed by atoms with Gasteiger partial charge in [-0.15, -0.1) is 0 Å². The summed E-state index contributed by atoms with van der Waals surface area (Å²) < 4.78 is 0. The molecule has 2 rings (SSSR count). The van der Waals surface area contributed by atoms with Gasteiger partial charge in [-0.3, -0.25) is 4.79 Å². The Hall–Kier alpha value is -1.62. The van der Waals surface area contributed by atoms with E-state index in [9.17, 15) is 4.79 Å². The Morgan fingerprint density at radius 1 is 1.42 bits per heavy atom. The van der Waals surface area contributed by atoms with Crippen molar-refractivity contribution >= 4 is 17.4 Å². The topological polar surface area (TPSA) is 57.3 Å². The lowest BCUT2D eigenvalue weighted by Gasteiger charge is -2.10. The highest BCUT2D eigenvalue weighted by atomic mass is 16.2. The number of carbonyl (C=O) groups excluding carboxylic acids is 1. The molecule has 1 aromatic rings. The number of rotatable bonds is 7. The average molecular weight is 262 g/mol. The summed E-state index contributed by atoms with van der Waals surface area (Å²) >= 11 is 0. The van der Waals surface area contributed by atoms with Crippen molar-refractivity contribution < 1.29 is 4.79 Å². The van der Waals surface area contributed by atoms with Gasteiger partial charge in [0, 0.05) is 12.5 Å². The zero-order chi connectivity index (χ0) is 13.7. The van der Waals surface area contributed by atoms with Crippen LogP contribution in [0.5, 0.6) is 0 Å². The van der Waals surface area contributed by atoms with E-state index in [0.717, 1.165) is 38.0 Å². The first-order valence-corrected chi connectivity index (χ1v) is 6.80. The molecule has 0 aliphatic heterocycles. The van der Waals surface area contributed by atoms with E-state index in [2.05, 4.69) is 34.6 Å². The average Bonchev–Trinajstić information content (AvgIpc) is 3.20. The maximum Gasteiger partial charge on any atom is 0.228 e. The SMILES string of the molecule is CN(C)CCCNc1ccc(NC(=O)C2CC2)nc1. The molecule has 1 heterocycles. The second-order valence-corrected chi connectivity index (χ2v) is 5.28. The highest BCUT2D eigenvalue weighted by Gasteiger charge is 2.29. The minimum Gasteiger partial charge on any atom is -0.384 e. The lowest BCUT2D eigenvalue weighted by molar-refractivity contribution is -0.117. The molecule has 0 atom stereocenters. The van der Waals surface area contributed by atoms with Gasteiger partial charge in [-0.2, -0.15) is 0 Å². The molecule has 0 spiro atoms. The minimum atomic E-state index is 0.0965. The molecule has 2 N–H and O–H groups in total. The zero-order valence-electron chi connectivity index (χ0n) is 11.6. The molecule has 1 amide bonds. The first kappa shape index (κ1) is 13.8. The van der Waals surface area contributed by atoms with Crippen LogP contribution in [0.2, 0.25) is 0 Å². The van der Waals surface area contributed by atoms with Gasteiger partial charge in [0.15, 0.2) is 0 Å². The van der Waals surface area contributed by atoms with Gasteiger partial charge in [0.2, 0.25) is 5.91 Å². The molecular formula is C14H22N4O. The van der Waals surface area contributed by atoms with Crippen LogP contribution in [0.3, 0.4) is 0 Å². The number of pyridine rings is 1. The molecule has 1 fully saturated rings. The normalized spacial score (nSPS) is 14.5. The summed E-state index contributed by atoms with van der Waals surface area (Å²) in [5.74, 6) is 0.945. The largest absolute Gasteiger partial charge is 0.384 e. The Kier molecular flexibility index (Phi) is 4.74. The summed E-state index contributed by atoms with van der Waals surface area (Å²) in [6.45, 7) is 1.99. The van der Waals surface area contributed by atoms with Crippen molar-refractivity contribution in [3.8, 4) is 0 Å². The zero-order valence-corrected chi connectivity index (χ0v) is 11.6. The van der Waals surface area contributed by atoms with Crippen LogP contribution in [0, 0.1) is 5.92 Å². The van der Waals surface area contributed by atoms with E-state index < -0.39 is 0 Å². The Bertz CT molecular complexity index is 412. The van der Waals surface area contributed by atoms with E-state index in [1.54, 1.807) is 6.20 Å². The van der Waals surface area contributed by atoms with E-state index in [4.69, 9.17) is 0 Å². The summed E-state index contributed by atoms with van der Waals surface area (Å²) in [5, 5.41) is 6.14. The summed E-state index contributed by atoms with van der Waals surface area (Å²) in [4.78, 5) is 18.0. The number of carbonyl (C=O) groups is 1. The quantitative estimate of drug-likeness (QED) is 0.736. The molecule has 0 aromatic carbocycles. The van der Waals surface area contributed by atoms with Crippen molar-refractivity contribution in [2.45, 2.75) is 19.3 Å². The van der Waals surface area contributed by atoms with Crippen LogP contribution in [-0.2, 0) is 4.79 Å². The molecule has 5 nitrogen and oxygen atoms in total. The van der Waals surface area contributed by atoms with Gasteiger partial charge in [0.05, 0.1) is 11.9 Å². The van der Waals surface area contributed by atoms with Crippen LogP contribution in [0.15, 0.2) is 18.3 Å². The third kappa shape index (κ3) is 4.87. The van der Waals surface area contributed by atoms with Crippen LogP contribution >= 0.6 is 0 Å². The Morgan fingerprint density at radius 3 is 2.79 bits per heavy atom. The predicted octanol–water partition coefficient (Wildman–Crippen LogP) is 1.79. The molecule has 5 heteroatoms. The lowest BCUT2D eigenvalue weighted by Crippen LogP contribution is -2.16. The highest BCUT2D eigenvalue weighted by molar-refractivity contribution is 5.93. The molecule has 1 aromatic heterocycles. The van der Waals surface area contributed by atoms with Crippen molar-refractivity contribution in [1.29, 1.82) is 0 Å². The van der Waals surface area contributed by atoms with Gasteiger partial charge in [-0.05, 0) is 52.0 Å². The summed E-state index contributed by atoms with van der Waals surface area (Å²) in [5.41, 5.74) is 0.989. The molecule has 0 radical (unpaired) electrons. The van der Waals surface area contributed by atoms with E-state index in [0.29, 0.717) is 5.82 Å². The van der Waals surface area contributed by atoms with Gasteiger partial charge in [-0.25, -0.2) is 4.98 Å². The number of amides is 1. The van der Waals surface area contributed by atoms with Gasteiger partial charge in [0.1, 0.15) is 5.82 Å². The smallest absolute Gasteiger partial charge is 0.228 e. The molecule has 1 aliphatic rings. The van der Waals surface area contributed by atoms with Gasteiger partial charge >= 0.3 is 0 Å². The first-order chi connectivity index (χ1) is 9.15. The van der Waals surface area contributed by atoms with Crippen LogP contribution in [0.1, 0.15) is 19.3 Å². The number of aromatic nitrogens is 1. The molecule has 0 bridgehead atoms. The maximum atomic E-state index is 11.6. The first-order valence-electron chi connectivity index (χ1n) is 6.80. The molecule has 0 unspecified atom stereocenters. The molecule has 19 heavy (non-hydrogen) atoms. The highest BCUT2D eigenvalue weighted by Crippen LogP contribution is 2.29. The minimum absolute atomic E-state index is 0.0965. The van der Waals surface area contributed by atoms with Crippen LogP contribution < -0.4 is 10.6 Å². The maximum absolute atomic E-state index is 11.6. The number of nitrogens with zero attached hydrogens (tertiary/aromatic N) is 2. The fourth-order valence-electron chi connectivity index (χ4n) is 1.77. The van der Waals surface area contributed by atoms with Crippen molar-refractivity contribution in [3.05, 3.63) is 18.3 Å². The molecule has 0 saturated heterocycles. The second kappa shape index (κ2) is 6.52. The molecule has 1 saturated carbocycles. The van der Waals surface area contributed by atoms with Crippen LogP contribution in [0.25, 0.3) is 0 Å². The monoisotopic (exact) mass is 262 g/mol. The van der Waals surface area contributed by atoms with Gasteiger partial charge < -0.3 is 15.5 Å². The number of nitrogens with one attached hydrogen (secondary N) is 2. The Balaban J connectivity index is 1.72. The fraction of sp³-hybridized carbons (Fsp3) is 0.571. The van der Waals surface area contributed by atoms with E-state index in [-0.39, 0.29) is 11.8 Å².